The van der Waals surface area contributed by atoms with E-state index in [4.69, 9.17) is 16.3 Å². The Balaban J connectivity index is 1.79. The summed E-state index contributed by atoms with van der Waals surface area (Å²) in [5.41, 5.74) is 1.47. The molecule has 0 heterocycles. The summed E-state index contributed by atoms with van der Waals surface area (Å²) in [6.07, 6.45) is -0.157. The fraction of sp³-hybridized carbons (Fsp3) is 0.208. The lowest BCUT2D eigenvalue weighted by Crippen LogP contribution is -2.35. The standard InChI is InChI=1S/C24H26ClN3O6S/c1-34-19-10-3-15(4-11-19)23(24(31)27-18-8-6-17(25)7-9-18)26-14-22(30)16-5-12-21(29)20(13-16)28-35(2,32)33/h3-13,22-23,26,28-30H,14H2,1-2H3,(H,27,31). The number of hydrogen-bond acceptors (Lipinski definition) is 7. The first-order valence-corrected chi connectivity index (χ1v) is 12.7. The van der Waals surface area contributed by atoms with Gasteiger partial charge in [-0.05, 0) is 59.7 Å². The van der Waals surface area contributed by atoms with Crippen LogP contribution in [0, 0.1) is 0 Å². The van der Waals surface area contributed by atoms with Crippen molar-refractivity contribution in [1.29, 1.82) is 0 Å². The van der Waals surface area contributed by atoms with E-state index in [0.29, 0.717) is 27.6 Å². The van der Waals surface area contributed by atoms with E-state index in [-0.39, 0.29) is 23.9 Å². The molecular formula is C24H26ClN3O6S. The number of anilines is 2. The Morgan fingerprint density at radius 1 is 1.03 bits per heavy atom. The predicted octanol–water partition coefficient (Wildman–Crippen LogP) is 3.43. The lowest BCUT2D eigenvalue weighted by atomic mass is 10.0. The highest BCUT2D eigenvalue weighted by Gasteiger charge is 2.23. The number of ether oxygens (including phenoxy) is 1. The van der Waals surface area contributed by atoms with Crippen molar-refractivity contribution >= 4 is 38.9 Å². The molecule has 3 aromatic rings. The molecular weight excluding hydrogens is 494 g/mol. The Hall–Kier alpha value is -3.31. The van der Waals surface area contributed by atoms with Crippen molar-refractivity contribution in [2.24, 2.45) is 0 Å². The molecule has 0 bridgehead atoms. The molecule has 0 saturated carbocycles. The SMILES string of the molecule is COc1ccc(C(NCC(O)c2ccc(O)c(NS(C)(=O)=O)c2)C(=O)Nc2ccc(Cl)cc2)cc1. The van der Waals surface area contributed by atoms with Gasteiger partial charge in [0, 0.05) is 17.3 Å². The zero-order chi connectivity index (χ0) is 25.6. The highest BCUT2D eigenvalue weighted by molar-refractivity contribution is 7.92. The van der Waals surface area contributed by atoms with Crippen LogP contribution in [-0.2, 0) is 14.8 Å². The summed E-state index contributed by atoms with van der Waals surface area (Å²) in [5, 5.41) is 27.1. The number of halogens is 1. The smallest absolute Gasteiger partial charge is 0.246 e. The van der Waals surface area contributed by atoms with Gasteiger partial charge in [0.15, 0.2) is 0 Å². The zero-order valence-electron chi connectivity index (χ0n) is 19.0. The first-order chi connectivity index (χ1) is 16.6. The minimum atomic E-state index is -3.63. The second-order valence-electron chi connectivity index (χ2n) is 7.78. The van der Waals surface area contributed by atoms with Gasteiger partial charge in [0.2, 0.25) is 15.9 Å². The van der Waals surface area contributed by atoms with E-state index in [0.717, 1.165) is 6.26 Å². The predicted molar refractivity (Wildman–Crippen MR) is 135 cm³/mol. The maximum Gasteiger partial charge on any atom is 0.246 e. The summed E-state index contributed by atoms with van der Waals surface area (Å²) in [5.74, 6) is -0.0201. The molecule has 0 fully saturated rings. The van der Waals surface area contributed by atoms with Crippen molar-refractivity contribution in [3.8, 4) is 11.5 Å². The summed E-state index contributed by atoms with van der Waals surface area (Å²) < 4.78 is 30.5. The number of carbonyl (C=O) groups is 1. The van der Waals surface area contributed by atoms with Gasteiger partial charge in [-0.2, -0.15) is 0 Å². The van der Waals surface area contributed by atoms with Gasteiger partial charge in [0.1, 0.15) is 17.5 Å². The Labute approximate surface area is 208 Å². The van der Waals surface area contributed by atoms with Crippen molar-refractivity contribution in [2.45, 2.75) is 12.1 Å². The molecule has 9 nitrogen and oxygen atoms in total. The van der Waals surface area contributed by atoms with Gasteiger partial charge in [0.25, 0.3) is 0 Å². The van der Waals surface area contributed by atoms with Crippen LogP contribution in [0.5, 0.6) is 11.5 Å². The molecule has 5 N–H and O–H groups in total. The number of phenolic OH excluding ortho intramolecular Hbond substituents is 1. The first-order valence-electron chi connectivity index (χ1n) is 10.5. The monoisotopic (exact) mass is 519 g/mol. The minimum absolute atomic E-state index is 0.0478. The minimum Gasteiger partial charge on any atom is -0.506 e. The Morgan fingerprint density at radius 2 is 1.66 bits per heavy atom. The number of aromatic hydroxyl groups is 1. The lowest BCUT2D eigenvalue weighted by Gasteiger charge is -2.22. The number of nitrogens with one attached hydrogen (secondary N) is 3. The van der Waals surface area contributed by atoms with Crippen LogP contribution in [0.1, 0.15) is 23.3 Å². The third-order valence-corrected chi connectivity index (χ3v) is 5.88. The first kappa shape index (κ1) is 26.3. The van der Waals surface area contributed by atoms with Gasteiger partial charge in [0.05, 0.1) is 25.2 Å². The topological polar surface area (TPSA) is 137 Å². The summed E-state index contributed by atoms with van der Waals surface area (Å²) in [4.78, 5) is 13.1. The van der Waals surface area contributed by atoms with Crippen molar-refractivity contribution in [1.82, 2.24) is 5.32 Å². The number of benzene rings is 3. The quantitative estimate of drug-likeness (QED) is 0.259. The summed E-state index contributed by atoms with van der Waals surface area (Å²) in [7, 11) is -2.09. The van der Waals surface area contributed by atoms with E-state index in [1.165, 1.54) is 18.2 Å². The highest BCUT2D eigenvalue weighted by atomic mass is 35.5. The molecule has 0 aliphatic heterocycles. The second-order valence-corrected chi connectivity index (χ2v) is 9.96. The van der Waals surface area contributed by atoms with E-state index < -0.39 is 22.2 Å². The summed E-state index contributed by atoms with van der Waals surface area (Å²) in [6.45, 7) is -0.0478. The number of aliphatic hydroxyl groups is 1. The molecule has 3 rings (SSSR count). The largest absolute Gasteiger partial charge is 0.506 e. The van der Waals surface area contributed by atoms with Crippen LogP contribution in [0.25, 0.3) is 0 Å². The number of methoxy groups -OCH3 is 1. The van der Waals surface area contributed by atoms with Gasteiger partial charge in [-0.3, -0.25) is 14.8 Å². The van der Waals surface area contributed by atoms with E-state index in [1.807, 2.05) is 0 Å². The Morgan fingerprint density at radius 3 is 2.26 bits per heavy atom. The number of sulfonamides is 1. The van der Waals surface area contributed by atoms with Gasteiger partial charge >= 0.3 is 0 Å². The van der Waals surface area contributed by atoms with Gasteiger partial charge < -0.3 is 20.3 Å². The van der Waals surface area contributed by atoms with Crippen LogP contribution in [-0.4, -0.2) is 44.4 Å². The molecule has 0 saturated heterocycles. The molecule has 0 aliphatic rings. The van der Waals surface area contributed by atoms with Crippen LogP contribution >= 0.6 is 11.6 Å². The van der Waals surface area contributed by atoms with Crippen LogP contribution in [0.2, 0.25) is 5.02 Å². The summed E-state index contributed by atoms with van der Waals surface area (Å²) >= 11 is 5.92. The molecule has 0 aliphatic carbocycles. The van der Waals surface area contributed by atoms with Crippen LogP contribution in [0.15, 0.2) is 66.7 Å². The molecule has 11 heteroatoms. The molecule has 35 heavy (non-hydrogen) atoms. The van der Waals surface area contributed by atoms with Crippen molar-refractivity contribution in [2.75, 3.05) is 29.9 Å². The highest BCUT2D eigenvalue weighted by Crippen LogP contribution is 2.28. The number of phenols is 1. The van der Waals surface area contributed by atoms with Crippen molar-refractivity contribution in [3.05, 3.63) is 82.9 Å². The number of rotatable bonds is 10. The van der Waals surface area contributed by atoms with Crippen LogP contribution in [0.4, 0.5) is 11.4 Å². The maximum absolute atomic E-state index is 13.1. The van der Waals surface area contributed by atoms with Gasteiger partial charge in [-0.1, -0.05) is 29.8 Å². The molecule has 1 amide bonds. The fourth-order valence-electron chi connectivity index (χ4n) is 3.30. The number of hydrogen-bond donors (Lipinski definition) is 5. The fourth-order valence-corrected chi connectivity index (χ4v) is 3.98. The summed E-state index contributed by atoms with van der Waals surface area (Å²) in [6, 6.07) is 16.8. The third-order valence-electron chi connectivity index (χ3n) is 5.04. The molecule has 0 spiro atoms. The number of aliphatic hydroxyl groups excluding tert-OH is 1. The molecule has 0 aromatic heterocycles. The lowest BCUT2D eigenvalue weighted by molar-refractivity contribution is -0.118. The average Bonchev–Trinajstić information content (AvgIpc) is 2.81. The van der Waals surface area contributed by atoms with E-state index in [2.05, 4.69) is 15.4 Å². The van der Waals surface area contributed by atoms with Gasteiger partial charge in [-0.15, -0.1) is 0 Å². The van der Waals surface area contributed by atoms with Crippen molar-refractivity contribution in [3.63, 3.8) is 0 Å². The zero-order valence-corrected chi connectivity index (χ0v) is 20.6. The van der Waals surface area contributed by atoms with Crippen LogP contribution in [0.3, 0.4) is 0 Å². The Kier molecular flexibility index (Phi) is 8.57. The maximum atomic E-state index is 13.1. The molecule has 186 valence electrons. The molecule has 3 aromatic carbocycles. The normalized spacial score (nSPS) is 13.0. The third kappa shape index (κ3) is 7.59. The molecule has 2 unspecified atom stereocenters. The van der Waals surface area contributed by atoms with Crippen molar-refractivity contribution < 1.29 is 28.2 Å². The Bertz CT molecular complexity index is 1270. The van der Waals surface area contributed by atoms with E-state index >= 15 is 0 Å². The van der Waals surface area contributed by atoms with E-state index in [1.54, 1.807) is 55.6 Å². The molecule has 2 atom stereocenters. The van der Waals surface area contributed by atoms with Gasteiger partial charge in [-0.25, -0.2) is 8.42 Å². The van der Waals surface area contributed by atoms with Crippen LogP contribution < -0.4 is 20.1 Å². The molecule has 0 radical (unpaired) electrons. The van der Waals surface area contributed by atoms with E-state index in [9.17, 15) is 23.4 Å². The number of carbonyl (C=O) groups excluding carboxylic acids is 1. The second kappa shape index (κ2) is 11.4. The number of amides is 1. The average molecular weight is 520 g/mol.